The van der Waals surface area contributed by atoms with Gasteiger partial charge < -0.3 is 15.3 Å². The zero-order valence-corrected chi connectivity index (χ0v) is 17.9. The summed E-state index contributed by atoms with van der Waals surface area (Å²) in [6, 6.07) is 6.45. The van der Waals surface area contributed by atoms with Crippen LogP contribution in [0.5, 0.6) is 5.75 Å². The number of fused-ring (bicyclic) bond motifs is 2. The lowest BCUT2D eigenvalue weighted by molar-refractivity contribution is 0.252. The van der Waals surface area contributed by atoms with Gasteiger partial charge in [0, 0.05) is 40.9 Å². The van der Waals surface area contributed by atoms with Crippen LogP contribution in [-0.4, -0.2) is 44.0 Å². The molecule has 4 aliphatic rings. The van der Waals surface area contributed by atoms with E-state index >= 15 is 0 Å². The number of aryl methyl sites for hydroxylation is 1. The van der Waals surface area contributed by atoms with E-state index in [1.54, 1.807) is 17.4 Å². The SMILES string of the molecule is Cc1nc2cc(O)c(-c3cc4c(nn3)N(C3CC5(CC5)NC5(CC5)C3)CC4)cc2s1. The maximum Gasteiger partial charge on any atom is 0.154 e. The van der Waals surface area contributed by atoms with Crippen molar-refractivity contribution in [1.82, 2.24) is 20.5 Å². The molecule has 6 nitrogen and oxygen atoms in total. The number of anilines is 1. The van der Waals surface area contributed by atoms with Crippen molar-refractivity contribution in [1.29, 1.82) is 0 Å². The van der Waals surface area contributed by atoms with Gasteiger partial charge in [0.05, 0.1) is 20.9 Å². The van der Waals surface area contributed by atoms with Gasteiger partial charge in [0.15, 0.2) is 5.82 Å². The standard InChI is InChI=1S/C23H25N5OS/c1-13-24-18-10-19(29)16(9-20(18)30-13)17-8-14-2-7-28(21(14)26-25-17)15-11-22(3-4-22)27-23(12-15)5-6-23/h8-10,15,27,29H,2-7,11-12H2,1H3. The van der Waals surface area contributed by atoms with E-state index in [4.69, 9.17) is 0 Å². The van der Waals surface area contributed by atoms with Crippen LogP contribution in [0.1, 0.15) is 49.1 Å². The first kappa shape index (κ1) is 17.4. The fourth-order valence-electron chi connectivity index (χ4n) is 5.79. The van der Waals surface area contributed by atoms with Gasteiger partial charge in [-0.2, -0.15) is 0 Å². The summed E-state index contributed by atoms with van der Waals surface area (Å²) in [5.74, 6) is 1.29. The van der Waals surface area contributed by atoms with Crippen LogP contribution in [-0.2, 0) is 6.42 Å². The molecule has 2 aliphatic heterocycles. The number of hydrogen-bond acceptors (Lipinski definition) is 7. The van der Waals surface area contributed by atoms with Crippen LogP contribution in [0.2, 0.25) is 0 Å². The van der Waals surface area contributed by atoms with Crippen molar-refractivity contribution in [2.45, 2.75) is 69.0 Å². The number of hydrogen-bond donors (Lipinski definition) is 2. The first-order valence-corrected chi connectivity index (χ1v) is 11.9. The molecule has 30 heavy (non-hydrogen) atoms. The highest BCUT2D eigenvalue weighted by Gasteiger charge is 2.59. The highest BCUT2D eigenvalue weighted by atomic mass is 32.1. The third-order valence-electron chi connectivity index (χ3n) is 7.56. The third-order valence-corrected chi connectivity index (χ3v) is 8.50. The predicted octanol–water partition coefficient (Wildman–Crippen LogP) is 3.95. The molecule has 7 rings (SSSR count). The number of aromatic hydroxyl groups is 1. The highest BCUT2D eigenvalue weighted by molar-refractivity contribution is 7.18. The largest absolute Gasteiger partial charge is 0.507 e. The van der Waals surface area contributed by atoms with Crippen LogP contribution >= 0.6 is 11.3 Å². The molecule has 0 amide bonds. The molecule has 2 saturated carbocycles. The fourth-order valence-corrected chi connectivity index (χ4v) is 6.63. The van der Waals surface area contributed by atoms with Gasteiger partial charge in [0.1, 0.15) is 5.75 Å². The molecular formula is C23H25N5OS. The van der Waals surface area contributed by atoms with Crippen LogP contribution in [0.4, 0.5) is 5.82 Å². The minimum absolute atomic E-state index is 0.224. The van der Waals surface area contributed by atoms with Gasteiger partial charge >= 0.3 is 0 Å². The van der Waals surface area contributed by atoms with Gasteiger partial charge in [-0.05, 0) is 64.0 Å². The van der Waals surface area contributed by atoms with Crippen LogP contribution < -0.4 is 10.2 Å². The summed E-state index contributed by atoms with van der Waals surface area (Å²) >= 11 is 1.64. The third kappa shape index (κ3) is 2.61. The molecule has 4 heterocycles. The topological polar surface area (TPSA) is 74.2 Å². The number of phenols is 1. The Labute approximate surface area is 179 Å². The Morgan fingerprint density at radius 3 is 2.60 bits per heavy atom. The molecule has 7 heteroatoms. The van der Waals surface area contributed by atoms with Crippen molar-refractivity contribution in [2.75, 3.05) is 11.4 Å². The fraction of sp³-hybridized carbons (Fsp3) is 0.522. The number of phenolic OH excluding ortho intramolecular Hbond substituents is 1. The summed E-state index contributed by atoms with van der Waals surface area (Å²) in [5.41, 5.74) is 4.41. The van der Waals surface area contributed by atoms with Gasteiger partial charge in [-0.25, -0.2) is 4.98 Å². The summed E-state index contributed by atoms with van der Waals surface area (Å²) in [7, 11) is 0. The van der Waals surface area contributed by atoms with E-state index in [2.05, 4.69) is 31.5 Å². The molecule has 2 N–H and O–H groups in total. The van der Waals surface area contributed by atoms with Crippen molar-refractivity contribution in [2.24, 2.45) is 0 Å². The smallest absolute Gasteiger partial charge is 0.154 e. The molecule has 0 atom stereocenters. The molecule has 0 radical (unpaired) electrons. The Bertz CT molecular complexity index is 1180. The monoisotopic (exact) mass is 419 g/mol. The Morgan fingerprint density at radius 2 is 1.87 bits per heavy atom. The van der Waals surface area contributed by atoms with Crippen LogP contribution in [0, 0.1) is 6.92 Å². The van der Waals surface area contributed by atoms with Crippen molar-refractivity contribution in [3.63, 3.8) is 0 Å². The molecule has 0 unspecified atom stereocenters. The van der Waals surface area contributed by atoms with E-state index in [0.29, 0.717) is 17.1 Å². The first-order chi connectivity index (χ1) is 14.5. The van der Waals surface area contributed by atoms with Crippen LogP contribution in [0.15, 0.2) is 18.2 Å². The molecule has 3 fully saturated rings. The summed E-state index contributed by atoms with van der Waals surface area (Å²) in [4.78, 5) is 7.00. The first-order valence-electron chi connectivity index (χ1n) is 11.0. The van der Waals surface area contributed by atoms with Gasteiger partial charge in [-0.1, -0.05) is 0 Å². The summed E-state index contributed by atoms with van der Waals surface area (Å²) in [5, 5.41) is 24.8. The number of piperidine rings is 1. The van der Waals surface area contributed by atoms with Gasteiger partial charge in [0.25, 0.3) is 0 Å². The average Bonchev–Trinajstić information content (AvgIpc) is 3.54. The molecular weight excluding hydrogens is 394 g/mol. The van der Waals surface area contributed by atoms with E-state index in [1.807, 2.05) is 13.0 Å². The van der Waals surface area contributed by atoms with Gasteiger partial charge in [0.2, 0.25) is 0 Å². The maximum absolute atomic E-state index is 10.6. The lowest BCUT2D eigenvalue weighted by atomic mass is 9.89. The van der Waals surface area contributed by atoms with Crippen molar-refractivity contribution in [3.05, 3.63) is 28.8 Å². The zero-order valence-electron chi connectivity index (χ0n) is 17.1. The van der Waals surface area contributed by atoms with Crippen molar-refractivity contribution < 1.29 is 5.11 Å². The number of rotatable bonds is 2. The molecule has 3 aromatic rings. The van der Waals surface area contributed by atoms with Crippen LogP contribution in [0.3, 0.4) is 0 Å². The minimum Gasteiger partial charge on any atom is -0.507 e. The lowest BCUT2D eigenvalue weighted by Gasteiger charge is -2.42. The second-order valence-electron chi connectivity index (χ2n) is 9.84. The molecule has 1 saturated heterocycles. The molecule has 2 aliphatic carbocycles. The second kappa shape index (κ2) is 5.71. The summed E-state index contributed by atoms with van der Waals surface area (Å²) in [6.45, 7) is 3.02. The van der Waals surface area contributed by atoms with Crippen molar-refractivity contribution >= 4 is 27.4 Å². The quantitative estimate of drug-likeness (QED) is 0.655. The predicted molar refractivity (Wildman–Crippen MR) is 118 cm³/mol. The average molecular weight is 420 g/mol. The minimum atomic E-state index is 0.224. The number of thiazole rings is 1. The Balaban J connectivity index is 1.22. The molecule has 1 aromatic carbocycles. The normalized spacial score (nSPS) is 25.2. The van der Waals surface area contributed by atoms with E-state index in [1.165, 1.54) is 44.1 Å². The van der Waals surface area contributed by atoms with Crippen molar-refractivity contribution in [3.8, 4) is 17.0 Å². The Hall–Kier alpha value is -2.25. The van der Waals surface area contributed by atoms with Gasteiger partial charge in [-0.15, -0.1) is 21.5 Å². The number of aromatic nitrogens is 3. The zero-order chi connectivity index (χ0) is 20.1. The highest BCUT2D eigenvalue weighted by Crippen LogP contribution is 2.55. The molecule has 0 bridgehead atoms. The number of nitrogens with zero attached hydrogens (tertiary/aromatic N) is 4. The lowest BCUT2D eigenvalue weighted by Crippen LogP contribution is -2.55. The van der Waals surface area contributed by atoms with E-state index in [9.17, 15) is 5.11 Å². The second-order valence-corrected chi connectivity index (χ2v) is 11.1. The maximum atomic E-state index is 10.6. The number of benzene rings is 1. The molecule has 154 valence electrons. The summed E-state index contributed by atoms with van der Waals surface area (Å²) < 4.78 is 1.07. The van der Waals surface area contributed by atoms with E-state index in [0.717, 1.165) is 45.3 Å². The van der Waals surface area contributed by atoms with Gasteiger partial charge in [-0.3, -0.25) is 0 Å². The Kier molecular flexibility index (Phi) is 3.32. The van der Waals surface area contributed by atoms with Crippen LogP contribution in [0.25, 0.3) is 21.5 Å². The number of nitrogens with one attached hydrogen (secondary N) is 1. The Morgan fingerprint density at radius 1 is 1.10 bits per heavy atom. The van der Waals surface area contributed by atoms with E-state index < -0.39 is 0 Å². The molecule has 2 aromatic heterocycles. The molecule has 2 spiro atoms. The summed E-state index contributed by atoms with van der Waals surface area (Å²) in [6.07, 6.45) is 8.79. The van der Waals surface area contributed by atoms with E-state index in [-0.39, 0.29) is 5.75 Å².